The van der Waals surface area contributed by atoms with E-state index >= 15 is 0 Å². The van der Waals surface area contributed by atoms with E-state index in [0.717, 1.165) is 15.6 Å². The molecule has 0 saturated carbocycles. The molecule has 0 radical (unpaired) electrons. The Morgan fingerprint density at radius 3 is 2.30 bits per heavy atom. The van der Waals surface area contributed by atoms with Crippen LogP contribution in [0.1, 0.15) is 49.7 Å². The average molecular weight is 296 g/mol. The van der Waals surface area contributed by atoms with Crippen molar-refractivity contribution in [3.05, 3.63) is 15.6 Å². The zero-order valence-electron chi connectivity index (χ0n) is 13.2. The van der Waals surface area contributed by atoms with E-state index in [1.54, 1.807) is 0 Å². The maximum Gasteiger partial charge on any atom is 0.225 e. The van der Waals surface area contributed by atoms with E-state index in [9.17, 15) is 9.59 Å². The second kappa shape index (κ2) is 6.48. The lowest BCUT2D eigenvalue weighted by Gasteiger charge is -2.30. The van der Waals surface area contributed by atoms with E-state index in [2.05, 4.69) is 10.3 Å². The number of aromatic nitrogens is 1. The van der Waals surface area contributed by atoms with Crippen LogP contribution in [0.15, 0.2) is 0 Å². The molecule has 112 valence electrons. The lowest BCUT2D eigenvalue weighted by atomic mass is 9.83. The summed E-state index contributed by atoms with van der Waals surface area (Å²) in [6.45, 7) is 11.6. The van der Waals surface area contributed by atoms with E-state index in [4.69, 9.17) is 0 Å². The minimum absolute atomic E-state index is 0.0723. The fourth-order valence-electron chi connectivity index (χ4n) is 2.08. The molecule has 0 fully saturated rings. The third kappa shape index (κ3) is 4.40. The predicted molar refractivity (Wildman–Crippen MR) is 82.0 cm³/mol. The number of amides is 1. The molecule has 1 unspecified atom stereocenters. The van der Waals surface area contributed by atoms with Gasteiger partial charge < -0.3 is 5.32 Å². The van der Waals surface area contributed by atoms with Gasteiger partial charge in [-0.1, -0.05) is 27.7 Å². The Hall–Kier alpha value is -1.23. The Morgan fingerprint density at radius 1 is 1.30 bits per heavy atom. The SMILES string of the molecule is CCC(=O)C(NC(=O)Cc1sc(C)nc1C)C(C)(C)C. The molecule has 0 aliphatic heterocycles. The molecule has 0 bridgehead atoms. The van der Waals surface area contributed by atoms with Crippen molar-refractivity contribution in [1.82, 2.24) is 10.3 Å². The van der Waals surface area contributed by atoms with Gasteiger partial charge in [-0.3, -0.25) is 9.59 Å². The monoisotopic (exact) mass is 296 g/mol. The Morgan fingerprint density at radius 2 is 1.90 bits per heavy atom. The molecule has 1 heterocycles. The van der Waals surface area contributed by atoms with Crippen molar-refractivity contribution in [3.63, 3.8) is 0 Å². The van der Waals surface area contributed by atoms with Gasteiger partial charge >= 0.3 is 0 Å². The number of thiazole rings is 1. The van der Waals surface area contributed by atoms with E-state index in [1.165, 1.54) is 11.3 Å². The summed E-state index contributed by atoms with van der Waals surface area (Å²) in [6, 6.07) is -0.436. The number of Topliss-reactive ketones (excluding diaryl/α,β-unsaturated/α-hetero) is 1. The van der Waals surface area contributed by atoms with Crippen molar-refractivity contribution >= 4 is 23.0 Å². The highest BCUT2D eigenvalue weighted by Crippen LogP contribution is 2.22. The van der Waals surface area contributed by atoms with Gasteiger partial charge in [-0.15, -0.1) is 11.3 Å². The third-order valence-electron chi connectivity index (χ3n) is 3.16. The number of nitrogens with one attached hydrogen (secondary N) is 1. The molecule has 1 atom stereocenters. The van der Waals surface area contributed by atoms with Crippen LogP contribution in [0.2, 0.25) is 0 Å². The second-order valence-electron chi connectivity index (χ2n) is 6.10. The van der Waals surface area contributed by atoms with Crippen LogP contribution in [0, 0.1) is 19.3 Å². The molecule has 1 amide bonds. The second-order valence-corrected chi connectivity index (χ2v) is 7.39. The van der Waals surface area contributed by atoms with Crippen LogP contribution in [0.25, 0.3) is 0 Å². The normalized spacial score (nSPS) is 13.1. The quantitative estimate of drug-likeness (QED) is 0.909. The molecule has 1 aromatic heterocycles. The minimum atomic E-state index is -0.436. The summed E-state index contributed by atoms with van der Waals surface area (Å²) in [5.41, 5.74) is 0.623. The minimum Gasteiger partial charge on any atom is -0.345 e. The Bertz CT molecular complexity index is 500. The molecule has 1 rings (SSSR count). The third-order valence-corrected chi connectivity index (χ3v) is 4.24. The molecule has 4 nitrogen and oxygen atoms in total. The predicted octanol–water partition coefficient (Wildman–Crippen LogP) is 2.81. The van der Waals surface area contributed by atoms with E-state index in [-0.39, 0.29) is 17.1 Å². The van der Waals surface area contributed by atoms with Crippen LogP contribution in [-0.2, 0) is 16.0 Å². The molecule has 0 aromatic carbocycles. The maximum atomic E-state index is 12.2. The summed E-state index contributed by atoms with van der Waals surface area (Å²) in [6.07, 6.45) is 0.724. The van der Waals surface area contributed by atoms with E-state index < -0.39 is 6.04 Å². The van der Waals surface area contributed by atoms with Crippen molar-refractivity contribution in [2.75, 3.05) is 0 Å². The zero-order valence-corrected chi connectivity index (χ0v) is 14.0. The average Bonchev–Trinajstić information content (AvgIpc) is 2.62. The largest absolute Gasteiger partial charge is 0.345 e. The van der Waals surface area contributed by atoms with Crippen molar-refractivity contribution in [3.8, 4) is 0 Å². The summed E-state index contributed by atoms with van der Waals surface area (Å²) in [4.78, 5) is 29.4. The van der Waals surface area contributed by atoms with Crippen molar-refractivity contribution in [2.24, 2.45) is 5.41 Å². The first kappa shape index (κ1) is 16.8. The van der Waals surface area contributed by atoms with Crippen LogP contribution in [-0.4, -0.2) is 22.7 Å². The smallest absolute Gasteiger partial charge is 0.225 e. The zero-order chi connectivity index (χ0) is 15.5. The Labute approximate surface area is 125 Å². The number of hydrogen-bond acceptors (Lipinski definition) is 4. The molecule has 0 aliphatic rings. The van der Waals surface area contributed by atoms with Gasteiger partial charge in [0.25, 0.3) is 0 Å². The number of carbonyl (C=O) groups excluding carboxylic acids is 2. The lowest BCUT2D eigenvalue weighted by Crippen LogP contribution is -2.49. The lowest BCUT2D eigenvalue weighted by molar-refractivity contribution is -0.129. The summed E-state index contributed by atoms with van der Waals surface area (Å²) in [7, 11) is 0. The van der Waals surface area contributed by atoms with Gasteiger partial charge in [0.2, 0.25) is 5.91 Å². The van der Waals surface area contributed by atoms with Gasteiger partial charge in [-0.2, -0.15) is 0 Å². The van der Waals surface area contributed by atoms with Gasteiger partial charge in [0.15, 0.2) is 5.78 Å². The molecule has 20 heavy (non-hydrogen) atoms. The molecular formula is C15H24N2O2S. The number of aryl methyl sites for hydroxylation is 2. The van der Waals surface area contributed by atoms with Crippen LogP contribution < -0.4 is 5.32 Å². The van der Waals surface area contributed by atoms with Crippen molar-refractivity contribution in [2.45, 2.75) is 60.4 Å². The van der Waals surface area contributed by atoms with Crippen molar-refractivity contribution < 1.29 is 9.59 Å². The number of nitrogens with zero attached hydrogens (tertiary/aromatic N) is 1. The van der Waals surface area contributed by atoms with E-state index in [1.807, 2.05) is 41.5 Å². The highest BCUT2D eigenvalue weighted by Gasteiger charge is 2.31. The Kier molecular flexibility index (Phi) is 5.45. The van der Waals surface area contributed by atoms with Crippen molar-refractivity contribution in [1.29, 1.82) is 0 Å². The van der Waals surface area contributed by atoms with Crippen LogP contribution >= 0.6 is 11.3 Å². The number of ketones is 1. The summed E-state index contributed by atoms with van der Waals surface area (Å²) < 4.78 is 0. The van der Waals surface area contributed by atoms with Crippen LogP contribution in [0.5, 0.6) is 0 Å². The van der Waals surface area contributed by atoms with Crippen LogP contribution in [0.3, 0.4) is 0 Å². The Balaban J connectivity index is 2.77. The highest BCUT2D eigenvalue weighted by atomic mass is 32.1. The molecule has 0 spiro atoms. The molecule has 5 heteroatoms. The molecule has 1 aromatic rings. The first-order valence-corrected chi connectivity index (χ1v) is 7.71. The van der Waals surface area contributed by atoms with Crippen LogP contribution in [0.4, 0.5) is 0 Å². The molecule has 0 saturated heterocycles. The summed E-state index contributed by atoms with van der Waals surface area (Å²) >= 11 is 1.53. The van der Waals surface area contributed by atoms with Gasteiger partial charge in [-0.05, 0) is 19.3 Å². The first-order chi connectivity index (χ1) is 9.15. The fraction of sp³-hybridized carbons (Fsp3) is 0.667. The number of hydrogen-bond donors (Lipinski definition) is 1. The summed E-state index contributed by atoms with van der Waals surface area (Å²) in [5.74, 6) is -0.0402. The first-order valence-electron chi connectivity index (χ1n) is 6.90. The van der Waals surface area contributed by atoms with Gasteiger partial charge in [0.1, 0.15) is 0 Å². The molecule has 0 aliphatic carbocycles. The fourth-order valence-corrected chi connectivity index (χ4v) is 3.02. The van der Waals surface area contributed by atoms with Gasteiger partial charge in [0, 0.05) is 11.3 Å². The molecular weight excluding hydrogens is 272 g/mol. The molecule has 1 N–H and O–H groups in total. The maximum absolute atomic E-state index is 12.2. The summed E-state index contributed by atoms with van der Waals surface area (Å²) in [5, 5.41) is 3.84. The van der Waals surface area contributed by atoms with Gasteiger partial charge in [0.05, 0.1) is 23.2 Å². The topological polar surface area (TPSA) is 59.1 Å². The number of rotatable bonds is 5. The van der Waals surface area contributed by atoms with Gasteiger partial charge in [-0.25, -0.2) is 4.98 Å². The standard InChI is InChI=1S/C15H24N2O2S/c1-7-11(18)14(15(4,5)6)17-13(19)8-12-9(2)16-10(3)20-12/h14H,7-8H2,1-6H3,(H,17,19). The van der Waals surface area contributed by atoms with E-state index in [0.29, 0.717) is 12.8 Å². The number of carbonyl (C=O) groups is 2. The highest BCUT2D eigenvalue weighted by molar-refractivity contribution is 7.11.